The van der Waals surface area contributed by atoms with Gasteiger partial charge in [-0.3, -0.25) is 4.79 Å². The molecule has 9 nitrogen and oxygen atoms in total. The summed E-state index contributed by atoms with van der Waals surface area (Å²) in [4.78, 5) is 23.5. The van der Waals surface area contributed by atoms with Crippen LogP contribution in [0.5, 0.6) is 5.75 Å². The second kappa shape index (κ2) is 12.6. The lowest BCUT2D eigenvalue weighted by Crippen LogP contribution is -2.42. The number of nitrogens with one attached hydrogen (secondary N) is 2. The van der Waals surface area contributed by atoms with Crippen LogP contribution in [-0.2, 0) is 19.6 Å². The number of carboxylic acids is 1. The van der Waals surface area contributed by atoms with E-state index in [1.807, 2.05) is 12.1 Å². The Morgan fingerprint density at radius 1 is 0.842 bits per heavy atom. The zero-order valence-corrected chi connectivity index (χ0v) is 22.3. The number of hydrogen-bond acceptors (Lipinski definition) is 6. The Labute approximate surface area is 222 Å². The number of ether oxygens (including phenoxy) is 2. The number of amides is 1. The molecule has 0 radical (unpaired) electrons. The summed E-state index contributed by atoms with van der Waals surface area (Å²) >= 11 is 0. The maximum absolute atomic E-state index is 13.5. The van der Waals surface area contributed by atoms with Crippen molar-refractivity contribution < 1.29 is 32.6 Å². The van der Waals surface area contributed by atoms with Crippen molar-refractivity contribution in [3.05, 3.63) is 96.1 Å². The van der Waals surface area contributed by atoms with Crippen LogP contribution >= 0.6 is 0 Å². The molecular weight excluding hydrogens is 508 g/mol. The van der Waals surface area contributed by atoms with Crippen molar-refractivity contribution in [3.63, 3.8) is 0 Å². The summed E-state index contributed by atoms with van der Waals surface area (Å²) in [5.41, 5.74) is 0.563. The van der Waals surface area contributed by atoms with Crippen molar-refractivity contribution in [2.24, 2.45) is 0 Å². The van der Waals surface area contributed by atoms with Crippen LogP contribution in [0.25, 0.3) is 0 Å². The van der Waals surface area contributed by atoms with Gasteiger partial charge in [0, 0.05) is 0 Å². The van der Waals surface area contributed by atoms with Crippen molar-refractivity contribution in [1.29, 1.82) is 0 Å². The number of alkyl carbamates (subject to hydrolysis) is 1. The van der Waals surface area contributed by atoms with Crippen LogP contribution in [0.3, 0.4) is 0 Å². The van der Waals surface area contributed by atoms with Crippen LogP contribution in [0.2, 0.25) is 0 Å². The smallest absolute Gasteiger partial charge is 0.408 e. The molecule has 0 bridgehead atoms. The maximum atomic E-state index is 13.5. The third-order valence-electron chi connectivity index (χ3n) is 5.32. The van der Waals surface area contributed by atoms with E-state index in [1.165, 1.54) is 24.3 Å². The highest BCUT2D eigenvalue weighted by Crippen LogP contribution is 2.31. The van der Waals surface area contributed by atoms with Crippen molar-refractivity contribution in [2.45, 2.75) is 49.8 Å². The molecule has 3 aromatic rings. The third-order valence-corrected chi connectivity index (χ3v) is 6.78. The molecule has 3 N–H and O–H groups in total. The van der Waals surface area contributed by atoms with Gasteiger partial charge in [-0.15, -0.1) is 0 Å². The van der Waals surface area contributed by atoms with E-state index in [-0.39, 0.29) is 17.9 Å². The fourth-order valence-corrected chi connectivity index (χ4v) is 4.89. The molecule has 0 aliphatic carbocycles. The Bertz CT molecular complexity index is 1310. The largest absolute Gasteiger partial charge is 0.493 e. The molecule has 0 saturated heterocycles. The summed E-state index contributed by atoms with van der Waals surface area (Å²) in [6, 6.07) is 22.0. The van der Waals surface area contributed by atoms with E-state index >= 15 is 0 Å². The molecule has 38 heavy (non-hydrogen) atoms. The fraction of sp³-hybridized carbons (Fsp3) is 0.286. The molecule has 0 heterocycles. The van der Waals surface area contributed by atoms with Crippen LogP contribution < -0.4 is 14.8 Å². The van der Waals surface area contributed by atoms with Gasteiger partial charge in [0.05, 0.1) is 30.0 Å². The number of aliphatic carboxylic acids is 1. The van der Waals surface area contributed by atoms with Gasteiger partial charge in [-0.1, -0.05) is 60.7 Å². The fourth-order valence-electron chi connectivity index (χ4n) is 3.65. The van der Waals surface area contributed by atoms with Crippen molar-refractivity contribution in [2.75, 3.05) is 6.61 Å². The molecule has 0 fully saturated rings. The quantitative estimate of drug-likeness (QED) is 0.318. The lowest BCUT2D eigenvalue weighted by molar-refractivity contribution is -0.137. The molecule has 0 aliphatic rings. The highest BCUT2D eigenvalue weighted by atomic mass is 32.2. The van der Waals surface area contributed by atoms with Crippen molar-refractivity contribution in [3.8, 4) is 5.75 Å². The summed E-state index contributed by atoms with van der Waals surface area (Å²) in [5.74, 6) is -0.646. The molecule has 202 valence electrons. The number of carbonyl (C=O) groups is 2. The average molecular weight is 541 g/mol. The second-order valence-corrected chi connectivity index (χ2v) is 11.2. The first-order chi connectivity index (χ1) is 17.9. The van der Waals surface area contributed by atoms with E-state index in [9.17, 15) is 18.0 Å². The molecule has 2 atom stereocenters. The maximum Gasteiger partial charge on any atom is 0.408 e. The normalized spacial score (nSPS) is 13.2. The van der Waals surface area contributed by atoms with Gasteiger partial charge in [-0.05, 0) is 56.2 Å². The summed E-state index contributed by atoms with van der Waals surface area (Å²) in [6.45, 7) is 5.20. The molecule has 0 spiro atoms. The molecule has 0 saturated carbocycles. The average Bonchev–Trinajstić information content (AvgIpc) is 2.86. The summed E-state index contributed by atoms with van der Waals surface area (Å²) < 4.78 is 40.6. The van der Waals surface area contributed by atoms with Crippen LogP contribution in [-0.4, -0.2) is 37.8 Å². The van der Waals surface area contributed by atoms with E-state index < -0.39 is 39.8 Å². The standard InChI is InChI=1S/C28H32N2O7S/c1-28(2,3)37-27(33)29-25(20-10-6-4-7-11-20)26(21-12-8-5-9-13-21)30-38(34,35)23-16-14-22(15-17-23)36-19-18-24(31)32/h4-17,25-26,30H,18-19H2,1-3H3,(H,29,33)(H,31,32)/t25-,26-/m0/s1. The number of rotatable bonds is 11. The predicted octanol–water partition coefficient (Wildman–Crippen LogP) is 4.83. The van der Waals surface area contributed by atoms with Crippen molar-refractivity contribution in [1.82, 2.24) is 10.0 Å². The molecule has 0 aromatic heterocycles. The highest BCUT2D eigenvalue weighted by Gasteiger charge is 2.32. The number of carboxylic acid groups (broad SMARTS) is 1. The van der Waals surface area contributed by atoms with E-state index in [2.05, 4.69) is 10.0 Å². The molecular formula is C28H32N2O7S. The van der Waals surface area contributed by atoms with E-state index in [4.69, 9.17) is 14.6 Å². The Hall–Kier alpha value is -3.89. The summed E-state index contributed by atoms with van der Waals surface area (Å²) in [6.07, 6.45) is -0.861. The Kier molecular flexibility index (Phi) is 9.49. The first kappa shape index (κ1) is 28.7. The SMILES string of the molecule is CC(C)(C)OC(=O)N[C@@H](c1ccccc1)[C@@H](NS(=O)(=O)c1ccc(OCCC(=O)O)cc1)c1ccccc1. The number of hydrogen-bond donors (Lipinski definition) is 3. The van der Waals surface area contributed by atoms with Gasteiger partial charge in [0.15, 0.2) is 0 Å². The summed E-state index contributed by atoms with van der Waals surface area (Å²) in [5, 5.41) is 11.6. The van der Waals surface area contributed by atoms with Gasteiger partial charge >= 0.3 is 12.1 Å². The Morgan fingerprint density at radius 2 is 1.37 bits per heavy atom. The lowest BCUT2D eigenvalue weighted by Gasteiger charge is -2.30. The number of benzene rings is 3. The molecule has 0 aliphatic heterocycles. The first-order valence-electron chi connectivity index (χ1n) is 12.0. The van der Waals surface area contributed by atoms with Gasteiger partial charge in [-0.25, -0.2) is 17.9 Å². The van der Waals surface area contributed by atoms with E-state index in [1.54, 1.807) is 69.3 Å². The molecule has 3 aromatic carbocycles. The topological polar surface area (TPSA) is 131 Å². The van der Waals surface area contributed by atoms with Gasteiger partial charge in [-0.2, -0.15) is 0 Å². The van der Waals surface area contributed by atoms with Crippen molar-refractivity contribution >= 4 is 22.1 Å². The van der Waals surface area contributed by atoms with Crippen LogP contribution in [0.4, 0.5) is 4.79 Å². The number of carbonyl (C=O) groups excluding carboxylic acids is 1. The Morgan fingerprint density at radius 3 is 1.87 bits per heavy atom. The van der Waals surface area contributed by atoms with E-state index in [0.29, 0.717) is 16.9 Å². The lowest BCUT2D eigenvalue weighted by atomic mass is 9.94. The monoisotopic (exact) mass is 540 g/mol. The minimum Gasteiger partial charge on any atom is -0.493 e. The first-order valence-corrected chi connectivity index (χ1v) is 13.5. The van der Waals surface area contributed by atoms with Gasteiger partial charge in [0.1, 0.15) is 11.4 Å². The summed E-state index contributed by atoms with van der Waals surface area (Å²) in [7, 11) is -4.07. The van der Waals surface area contributed by atoms with Gasteiger partial charge < -0.3 is 19.9 Å². The Balaban J connectivity index is 1.94. The van der Waals surface area contributed by atoms with Gasteiger partial charge in [0.2, 0.25) is 10.0 Å². The molecule has 10 heteroatoms. The van der Waals surface area contributed by atoms with Gasteiger partial charge in [0.25, 0.3) is 0 Å². The molecule has 3 rings (SSSR count). The van der Waals surface area contributed by atoms with Crippen LogP contribution in [0.15, 0.2) is 89.8 Å². The van der Waals surface area contributed by atoms with E-state index in [0.717, 1.165) is 0 Å². The van der Waals surface area contributed by atoms with Crippen LogP contribution in [0.1, 0.15) is 50.4 Å². The minimum atomic E-state index is -4.07. The number of sulfonamides is 1. The molecule has 0 unspecified atom stereocenters. The van der Waals surface area contributed by atoms with Crippen LogP contribution in [0, 0.1) is 0 Å². The second-order valence-electron chi connectivity index (χ2n) is 9.51. The highest BCUT2D eigenvalue weighted by molar-refractivity contribution is 7.89. The zero-order chi connectivity index (χ0) is 27.8. The predicted molar refractivity (Wildman–Crippen MR) is 142 cm³/mol. The zero-order valence-electron chi connectivity index (χ0n) is 21.5. The third kappa shape index (κ3) is 8.60. The minimum absolute atomic E-state index is 0.0203. The molecule has 1 amide bonds.